The highest BCUT2D eigenvalue weighted by Crippen LogP contribution is 2.37. The van der Waals surface area contributed by atoms with Crippen LogP contribution in [-0.4, -0.2) is 17.9 Å². The van der Waals surface area contributed by atoms with E-state index >= 15 is 0 Å². The fourth-order valence-corrected chi connectivity index (χ4v) is 4.47. The van der Waals surface area contributed by atoms with Crippen LogP contribution in [0.2, 0.25) is 0 Å². The Labute approximate surface area is 160 Å². The summed E-state index contributed by atoms with van der Waals surface area (Å²) < 4.78 is 0. The van der Waals surface area contributed by atoms with E-state index in [9.17, 15) is 9.59 Å². The first-order chi connectivity index (χ1) is 13.1. The van der Waals surface area contributed by atoms with Gasteiger partial charge in [0.1, 0.15) is 0 Å². The van der Waals surface area contributed by atoms with Crippen LogP contribution >= 0.6 is 0 Å². The van der Waals surface area contributed by atoms with Crippen LogP contribution in [0, 0.1) is 11.8 Å². The molecule has 1 heterocycles. The number of carbonyl (C=O) groups excluding carboxylic acids is 2. The van der Waals surface area contributed by atoms with E-state index in [2.05, 4.69) is 24.4 Å². The molecule has 2 aromatic rings. The molecule has 0 aromatic heterocycles. The van der Waals surface area contributed by atoms with Gasteiger partial charge < -0.3 is 10.2 Å². The third kappa shape index (κ3) is 3.61. The van der Waals surface area contributed by atoms with Crippen LogP contribution in [0.25, 0.3) is 0 Å². The van der Waals surface area contributed by atoms with Crippen molar-refractivity contribution in [3.8, 4) is 0 Å². The van der Waals surface area contributed by atoms with Gasteiger partial charge in [0.25, 0.3) is 0 Å². The Morgan fingerprint density at radius 3 is 2.26 bits per heavy atom. The number of para-hydroxylation sites is 2. The molecular formula is C23H26N2O2. The highest BCUT2D eigenvalue weighted by atomic mass is 16.2. The van der Waals surface area contributed by atoms with Crippen molar-refractivity contribution in [2.45, 2.75) is 45.1 Å². The molecular weight excluding hydrogens is 336 g/mol. The van der Waals surface area contributed by atoms with Gasteiger partial charge in [-0.1, -0.05) is 36.4 Å². The zero-order chi connectivity index (χ0) is 18.8. The van der Waals surface area contributed by atoms with Gasteiger partial charge >= 0.3 is 0 Å². The number of amides is 2. The first kappa shape index (κ1) is 17.8. The van der Waals surface area contributed by atoms with Crippen molar-refractivity contribution in [1.82, 2.24) is 0 Å². The summed E-state index contributed by atoms with van der Waals surface area (Å²) >= 11 is 0. The number of hydrogen-bond donors (Lipinski definition) is 1. The zero-order valence-corrected chi connectivity index (χ0v) is 15.7. The molecule has 0 bridgehead atoms. The fourth-order valence-electron chi connectivity index (χ4n) is 4.47. The van der Waals surface area contributed by atoms with Crippen LogP contribution in [0.15, 0.2) is 54.6 Å². The predicted octanol–water partition coefficient (Wildman–Crippen LogP) is 4.41. The van der Waals surface area contributed by atoms with E-state index in [0.717, 1.165) is 43.5 Å². The normalized spacial score (nSPS) is 24.3. The average Bonchev–Trinajstić information content (AvgIpc) is 3.04. The van der Waals surface area contributed by atoms with Crippen molar-refractivity contribution < 1.29 is 9.59 Å². The molecule has 1 N–H and O–H groups in total. The Morgan fingerprint density at radius 1 is 0.889 bits per heavy atom. The molecule has 4 rings (SSSR count). The summed E-state index contributed by atoms with van der Waals surface area (Å²) in [6.45, 7) is 2.12. The molecule has 4 heteroatoms. The van der Waals surface area contributed by atoms with E-state index in [-0.39, 0.29) is 29.7 Å². The van der Waals surface area contributed by atoms with Gasteiger partial charge in [-0.2, -0.15) is 0 Å². The van der Waals surface area contributed by atoms with Crippen LogP contribution in [0.3, 0.4) is 0 Å². The lowest BCUT2D eigenvalue weighted by atomic mass is 9.80. The summed E-state index contributed by atoms with van der Waals surface area (Å²) in [4.78, 5) is 27.7. The van der Waals surface area contributed by atoms with Gasteiger partial charge in [-0.15, -0.1) is 0 Å². The van der Waals surface area contributed by atoms with Gasteiger partial charge in [0.15, 0.2) is 0 Å². The molecule has 4 nitrogen and oxygen atoms in total. The molecule has 27 heavy (non-hydrogen) atoms. The lowest BCUT2D eigenvalue weighted by Crippen LogP contribution is -2.42. The lowest BCUT2D eigenvalue weighted by molar-refractivity contribution is -0.126. The van der Waals surface area contributed by atoms with Crippen molar-refractivity contribution in [3.05, 3.63) is 60.2 Å². The van der Waals surface area contributed by atoms with Gasteiger partial charge in [-0.25, -0.2) is 0 Å². The average molecular weight is 362 g/mol. The minimum atomic E-state index is -0.00227. The largest absolute Gasteiger partial charge is 0.326 e. The summed E-state index contributed by atoms with van der Waals surface area (Å²) in [6.07, 6.45) is 4.06. The maximum atomic E-state index is 13.2. The van der Waals surface area contributed by atoms with E-state index in [0.29, 0.717) is 0 Å². The van der Waals surface area contributed by atoms with Crippen LogP contribution < -0.4 is 10.2 Å². The third-order valence-corrected chi connectivity index (χ3v) is 5.93. The van der Waals surface area contributed by atoms with Gasteiger partial charge in [-0.3, -0.25) is 9.59 Å². The lowest BCUT2D eigenvalue weighted by Gasteiger charge is -2.32. The minimum Gasteiger partial charge on any atom is -0.326 e. The Kier molecular flexibility index (Phi) is 4.97. The number of nitrogens with zero attached hydrogens (tertiary/aromatic N) is 1. The summed E-state index contributed by atoms with van der Waals surface area (Å²) in [6, 6.07) is 18.0. The molecule has 0 spiro atoms. The van der Waals surface area contributed by atoms with Crippen LogP contribution in [0.5, 0.6) is 0 Å². The van der Waals surface area contributed by atoms with Gasteiger partial charge in [0.05, 0.1) is 0 Å². The van der Waals surface area contributed by atoms with Gasteiger partial charge in [0, 0.05) is 29.3 Å². The molecule has 1 fully saturated rings. The first-order valence-corrected chi connectivity index (χ1v) is 9.90. The number of nitrogens with one attached hydrogen (secondary N) is 1. The van der Waals surface area contributed by atoms with Crippen molar-refractivity contribution in [3.63, 3.8) is 0 Å². The summed E-state index contributed by atoms with van der Waals surface area (Å²) in [5.74, 6) is 0.332. The van der Waals surface area contributed by atoms with E-state index in [1.807, 2.05) is 47.4 Å². The summed E-state index contributed by atoms with van der Waals surface area (Å²) in [5, 5.41) is 3.00. The van der Waals surface area contributed by atoms with Crippen molar-refractivity contribution in [2.75, 3.05) is 10.2 Å². The molecule has 1 atom stereocenters. The topological polar surface area (TPSA) is 49.4 Å². The quantitative estimate of drug-likeness (QED) is 0.879. The molecule has 2 aromatic carbocycles. The summed E-state index contributed by atoms with van der Waals surface area (Å²) in [7, 11) is 0. The number of carbonyl (C=O) groups is 2. The molecule has 0 radical (unpaired) electrons. The molecule has 1 aliphatic heterocycles. The molecule has 2 amide bonds. The fraction of sp³-hybridized carbons (Fsp3) is 0.391. The van der Waals surface area contributed by atoms with E-state index in [1.165, 1.54) is 5.56 Å². The SMILES string of the molecule is CC1Cc2ccccc2N1C(=O)C1CCC(C(=O)Nc2ccccc2)CC1. The van der Waals surface area contributed by atoms with Gasteiger partial charge in [0.2, 0.25) is 11.8 Å². The molecule has 1 unspecified atom stereocenters. The maximum absolute atomic E-state index is 13.2. The van der Waals surface area contributed by atoms with Crippen LogP contribution in [0.1, 0.15) is 38.2 Å². The number of anilines is 2. The Hall–Kier alpha value is -2.62. The highest BCUT2D eigenvalue weighted by Gasteiger charge is 2.37. The van der Waals surface area contributed by atoms with Crippen molar-refractivity contribution in [1.29, 1.82) is 0 Å². The second-order valence-electron chi connectivity index (χ2n) is 7.79. The molecule has 2 aliphatic rings. The smallest absolute Gasteiger partial charge is 0.230 e. The number of fused-ring (bicyclic) bond motifs is 1. The number of benzene rings is 2. The maximum Gasteiger partial charge on any atom is 0.230 e. The van der Waals surface area contributed by atoms with Crippen molar-refractivity contribution in [2.24, 2.45) is 11.8 Å². The van der Waals surface area contributed by atoms with Crippen LogP contribution in [-0.2, 0) is 16.0 Å². The minimum absolute atomic E-state index is 0.00227. The van der Waals surface area contributed by atoms with E-state index < -0.39 is 0 Å². The van der Waals surface area contributed by atoms with E-state index in [1.54, 1.807) is 0 Å². The Morgan fingerprint density at radius 2 is 1.52 bits per heavy atom. The van der Waals surface area contributed by atoms with Crippen molar-refractivity contribution >= 4 is 23.2 Å². The highest BCUT2D eigenvalue weighted by molar-refractivity contribution is 5.98. The Bertz CT molecular complexity index is 825. The standard InChI is InChI=1S/C23H26N2O2/c1-16-15-19-7-5-6-10-21(19)25(16)23(27)18-13-11-17(12-14-18)22(26)24-20-8-3-2-4-9-20/h2-10,16-18H,11-15H2,1H3,(H,24,26). The third-order valence-electron chi connectivity index (χ3n) is 5.93. The molecule has 1 saturated carbocycles. The second-order valence-corrected chi connectivity index (χ2v) is 7.79. The number of rotatable bonds is 3. The predicted molar refractivity (Wildman–Crippen MR) is 108 cm³/mol. The second kappa shape index (κ2) is 7.55. The van der Waals surface area contributed by atoms with E-state index in [4.69, 9.17) is 0 Å². The summed E-state index contributed by atoms with van der Waals surface area (Å²) in [5.41, 5.74) is 3.16. The van der Waals surface area contributed by atoms with Gasteiger partial charge in [-0.05, 0) is 62.8 Å². The first-order valence-electron chi connectivity index (χ1n) is 9.90. The monoisotopic (exact) mass is 362 g/mol. The Balaban J connectivity index is 1.37. The molecule has 0 saturated heterocycles. The van der Waals surface area contributed by atoms with Crippen LogP contribution in [0.4, 0.5) is 11.4 Å². The zero-order valence-electron chi connectivity index (χ0n) is 15.7. The molecule has 1 aliphatic carbocycles. The number of hydrogen-bond acceptors (Lipinski definition) is 2. The molecule has 140 valence electrons.